The number of halogens is 1. The fraction of sp³-hybridized carbons (Fsp3) is 0.905. The van der Waals surface area contributed by atoms with E-state index < -0.39 is 0 Å². The van der Waals surface area contributed by atoms with Crippen LogP contribution in [-0.4, -0.2) is 97.1 Å². The zero-order valence-electron chi connectivity index (χ0n) is 19.7. The zero-order chi connectivity index (χ0) is 21.1. The zero-order valence-corrected chi connectivity index (χ0v) is 22.0. The van der Waals surface area contributed by atoms with E-state index in [9.17, 15) is 4.79 Å². The Morgan fingerprint density at radius 1 is 1.03 bits per heavy atom. The van der Waals surface area contributed by atoms with Crippen molar-refractivity contribution >= 4 is 35.8 Å². The number of carbonyl (C=O) groups is 1. The second kappa shape index (κ2) is 15.2. The van der Waals surface area contributed by atoms with Gasteiger partial charge in [0.1, 0.15) is 0 Å². The normalized spacial score (nSPS) is 16.0. The number of nitrogens with zero attached hydrogens (tertiary/aromatic N) is 4. The lowest BCUT2D eigenvalue weighted by Crippen LogP contribution is -2.54. The van der Waals surface area contributed by atoms with Gasteiger partial charge in [-0.15, -0.1) is 24.0 Å². The van der Waals surface area contributed by atoms with Crippen LogP contribution >= 0.6 is 24.0 Å². The molecule has 0 spiro atoms. The van der Waals surface area contributed by atoms with Gasteiger partial charge in [0.2, 0.25) is 5.91 Å². The number of hydrogen-bond acceptors (Lipinski definition) is 4. The van der Waals surface area contributed by atoms with Gasteiger partial charge in [-0.25, -0.2) is 0 Å². The molecule has 8 heteroatoms. The average Bonchev–Trinajstić information content (AvgIpc) is 2.60. The predicted octanol–water partition coefficient (Wildman–Crippen LogP) is 2.22. The van der Waals surface area contributed by atoms with Crippen LogP contribution in [-0.2, 0) is 4.79 Å². The maximum absolute atomic E-state index is 12.0. The Morgan fingerprint density at radius 2 is 1.62 bits per heavy atom. The molecule has 1 aliphatic heterocycles. The van der Waals surface area contributed by atoms with E-state index in [1.165, 1.54) is 0 Å². The molecular formula is C21H45IN6O. The van der Waals surface area contributed by atoms with Crippen molar-refractivity contribution in [3.8, 4) is 0 Å². The summed E-state index contributed by atoms with van der Waals surface area (Å²) < 4.78 is 0. The van der Waals surface area contributed by atoms with Gasteiger partial charge in [-0.3, -0.25) is 19.6 Å². The molecule has 1 aliphatic rings. The number of carbonyl (C=O) groups excluding carboxylic acids is 1. The Morgan fingerprint density at radius 3 is 2.10 bits per heavy atom. The molecule has 0 radical (unpaired) electrons. The first kappa shape index (κ1) is 28.4. The van der Waals surface area contributed by atoms with Gasteiger partial charge in [0.15, 0.2) is 5.96 Å². The summed E-state index contributed by atoms with van der Waals surface area (Å²) in [7, 11) is 0. The van der Waals surface area contributed by atoms with Crippen LogP contribution in [0.4, 0.5) is 0 Å². The summed E-state index contributed by atoms with van der Waals surface area (Å²) in [6.45, 7) is 22.0. The van der Waals surface area contributed by atoms with E-state index in [4.69, 9.17) is 4.99 Å². The monoisotopic (exact) mass is 524 g/mol. The third kappa shape index (κ3) is 11.4. The van der Waals surface area contributed by atoms with E-state index in [0.717, 1.165) is 58.2 Å². The van der Waals surface area contributed by atoms with Crippen LogP contribution < -0.4 is 10.6 Å². The molecule has 7 nitrogen and oxygen atoms in total. The second-order valence-electron chi connectivity index (χ2n) is 8.50. The first-order valence-electron chi connectivity index (χ1n) is 11.0. The summed E-state index contributed by atoms with van der Waals surface area (Å²) in [4.78, 5) is 23.9. The van der Waals surface area contributed by atoms with Crippen molar-refractivity contribution in [2.75, 3.05) is 52.4 Å². The Balaban J connectivity index is 0.00000784. The fourth-order valence-electron chi connectivity index (χ4n) is 3.67. The number of piperazine rings is 1. The average molecular weight is 525 g/mol. The van der Waals surface area contributed by atoms with Gasteiger partial charge in [0, 0.05) is 63.9 Å². The molecule has 0 bridgehead atoms. The largest absolute Gasteiger partial charge is 0.357 e. The van der Waals surface area contributed by atoms with Crippen molar-refractivity contribution in [3.05, 3.63) is 0 Å². The third-order valence-electron chi connectivity index (χ3n) is 4.99. The molecule has 1 rings (SSSR count). The van der Waals surface area contributed by atoms with Gasteiger partial charge < -0.3 is 15.5 Å². The smallest absolute Gasteiger partial charge is 0.234 e. The Hall–Kier alpha value is -0.610. The number of rotatable bonds is 10. The van der Waals surface area contributed by atoms with E-state index in [-0.39, 0.29) is 35.9 Å². The standard InChI is InChI=1S/C21H44N6O.HI/c1-8-22-21(23-10-9-11-27(18(4)5)19(6)7)26-14-12-25(13-15-26)16-20(28)24-17(2)3;/h17-19H,8-16H2,1-7H3,(H,22,23)(H,24,28);1H. The van der Waals surface area contributed by atoms with Crippen LogP contribution in [0.15, 0.2) is 4.99 Å². The fourth-order valence-corrected chi connectivity index (χ4v) is 3.67. The maximum Gasteiger partial charge on any atom is 0.234 e. The number of aliphatic imine (C=N–C) groups is 1. The van der Waals surface area contributed by atoms with Crippen LogP contribution in [0.5, 0.6) is 0 Å². The lowest BCUT2D eigenvalue weighted by atomic mass is 10.2. The minimum absolute atomic E-state index is 0. The summed E-state index contributed by atoms with van der Waals surface area (Å²) in [6, 6.07) is 1.33. The second-order valence-corrected chi connectivity index (χ2v) is 8.50. The molecule has 2 N–H and O–H groups in total. The Labute approximate surface area is 196 Å². The highest BCUT2D eigenvalue weighted by atomic mass is 127. The quantitative estimate of drug-likeness (QED) is 0.199. The van der Waals surface area contributed by atoms with Crippen LogP contribution in [0.1, 0.15) is 54.9 Å². The van der Waals surface area contributed by atoms with Gasteiger partial charge in [-0.2, -0.15) is 0 Å². The molecular weight excluding hydrogens is 479 g/mol. The molecule has 0 aliphatic carbocycles. The molecule has 1 fully saturated rings. The lowest BCUT2D eigenvalue weighted by molar-refractivity contribution is -0.123. The number of hydrogen-bond donors (Lipinski definition) is 2. The van der Waals surface area contributed by atoms with Gasteiger partial charge >= 0.3 is 0 Å². The first-order chi connectivity index (χ1) is 13.2. The summed E-state index contributed by atoms with van der Waals surface area (Å²) in [5, 5.41) is 6.40. The maximum atomic E-state index is 12.0. The van der Waals surface area contributed by atoms with E-state index in [1.807, 2.05) is 13.8 Å². The van der Waals surface area contributed by atoms with E-state index in [1.54, 1.807) is 0 Å². The highest BCUT2D eigenvalue weighted by molar-refractivity contribution is 14.0. The first-order valence-corrected chi connectivity index (χ1v) is 11.0. The summed E-state index contributed by atoms with van der Waals surface area (Å²) >= 11 is 0. The number of nitrogens with one attached hydrogen (secondary N) is 2. The highest BCUT2D eigenvalue weighted by Crippen LogP contribution is 2.06. The van der Waals surface area contributed by atoms with E-state index in [2.05, 4.69) is 60.0 Å². The van der Waals surface area contributed by atoms with Gasteiger partial charge in [0.05, 0.1) is 6.54 Å². The highest BCUT2D eigenvalue weighted by Gasteiger charge is 2.21. The third-order valence-corrected chi connectivity index (χ3v) is 4.99. The van der Waals surface area contributed by atoms with Crippen LogP contribution in [0, 0.1) is 0 Å². The van der Waals surface area contributed by atoms with Crippen LogP contribution in [0.3, 0.4) is 0 Å². The molecule has 0 aromatic carbocycles. The van der Waals surface area contributed by atoms with Gasteiger partial charge in [0.25, 0.3) is 0 Å². The van der Waals surface area contributed by atoms with Crippen molar-refractivity contribution in [3.63, 3.8) is 0 Å². The van der Waals surface area contributed by atoms with Crippen molar-refractivity contribution in [2.45, 2.75) is 73.0 Å². The minimum Gasteiger partial charge on any atom is -0.357 e. The van der Waals surface area contributed by atoms with Gasteiger partial charge in [-0.05, 0) is 54.9 Å². The minimum atomic E-state index is 0. The summed E-state index contributed by atoms with van der Waals surface area (Å²) in [6.07, 6.45) is 1.07. The molecule has 172 valence electrons. The molecule has 0 aromatic rings. The SMILES string of the molecule is CCNC(=NCCCN(C(C)C)C(C)C)N1CCN(CC(=O)NC(C)C)CC1.I. The molecule has 0 aromatic heterocycles. The van der Waals surface area contributed by atoms with E-state index in [0.29, 0.717) is 18.6 Å². The molecule has 1 saturated heterocycles. The molecule has 0 atom stereocenters. The lowest BCUT2D eigenvalue weighted by Gasteiger charge is -2.36. The van der Waals surface area contributed by atoms with Gasteiger partial charge in [-0.1, -0.05) is 0 Å². The molecule has 0 saturated carbocycles. The summed E-state index contributed by atoms with van der Waals surface area (Å²) in [5.74, 6) is 1.12. The molecule has 29 heavy (non-hydrogen) atoms. The predicted molar refractivity (Wildman–Crippen MR) is 134 cm³/mol. The van der Waals surface area contributed by atoms with Crippen molar-refractivity contribution < 1.29 is 4.79 Å². The van der Waals surface area contributed by atoms with Crippen LogP contribution in [0.25, 0.3) is 0 Å². The molecule has 0 unspecified atom stereocenters. The Kier molecular flexibility index (Phi) is 14.9. The van der Waals surface area contributed by atoms with Crippen LogP contribution in [0.2, 0.25) is 0 Å². The number of amides is 1. The number of guanidine groups is 1. The Bertz CT molecular complexity index is 468. The van der Waals surface area contributed by atoms with Crippen molar-refractivity contribution in [1.29, 1.82) is 0 Å². The van der Waals surface area contributed by atoms with Crippen molar-refractivity contribution in [1.82, 2.24) is 25.3 Å². The molecule has 1 heterocycles. The van der Waals surface area contributed by atoms with E-state index >= 15 is 0 Å². The topological polar surface area (TPSA) is 63.2 Å². The molecule has 1 amide bonds. The van der Waals surface area contributed by atoms with Crippen molar-refractivity contribution in [2.24, 2.45) is 4.99 Å². The summed E-state index contributed by atoms with van der Waals surface area (Å²) in [5.41, 5.74) is 0.